The second-order valence-electron chi connectivity index (χ2n) is 8.94. The van der Waals surface area contributed by atoms with E-state index in [1.807, 2.05) is 72.8 Å². The molecular formula is C27H27Cl2N3O. The molecule has 1 amide bonds. The maximum absolute atomic E-state index is 14.0. The molecule has 170 valence electrons. The first kappa shape index (κ1) is 22.1. The predicted octanol–water partition coefficient (Wildman–Crippen LogP) is 6.92. The van der Waals surface area contributed by atoms with E-state index in [1.54, 1.807) is 0 Å². The monoisotopic (exact) mass is 479 g/mol. The minimum absolute atomic E-state index is 0.00743. The fraction of sp³-hybridized carbons (Fsp3) is 0.296. The van der Waals surface area contributed by atoms with Crippen LogP contribution in [0.1, 0.15) is 49.1 Å². The number of rotatable bonds is 5. The Balaban J connectivity index is 1.62. The van der Waals surface area contributed by atoms with Crippen LogP contribution in [0.2, 0.25) is 10.0 Å². The summed E-state index contributed by atoms with van der Waals surface area (Å²) in [5.41, 5.74) is 2.84. The van der Waals surface area contributed by atoms with Crippen LogP contribution in [0, 0.1) is 0 Å². The van der Waals surface area contributed by atoms with E-state index in [0.29, 0.717) is 10.0 Å². The third-order valence-electron chi connectivity index (χ3n) is 6.74. The van der Waals surface area contributed by atoms with E-state index in [0.717, 1.165) is 48.2 Å². The largest absolute Gasteiger partial charge is 0.356 e. The first-order valence-electron chi connectivity index (χ1n) is 11.5. The van der Waals surface area contributed by atoms with Crippen LogP contribution in [0.25, 0.3) is 0 Å². The molecule has 1 atom stereocenters. The molecule has 3 aromatic carbocycles. The first-order chi connectivity index (χ1) is 16.0. The zero-order valence-electron chi connectivity index (χ0n) is 18.3. The van der Waals surface area contributed by atoms with Crippen molar-refractivity contribution in [1.82, 2.24) is 5.32 Å². The molecule has 1 saturated carbocycles. The lowest BCUT2D eigenvalue weighted by molar-refractivity contribution is -0.124. The Bertz CT molecular complexity index is 1100. The van der Waals surface area contributed by atoms with Gasteiger partial charge in [0.1, 0.15) is 5.92 Å². The average Bonchev–Trinajstić information content (AvgIpc) is 3.22. The zero-order valence-corrected chi connectivity index (χ0v) is 19.8. The van der Waals surface area contributed by atoms with Crippen LogP contribution >= 0.6 is 23.2 Å². The molecule has 1 aliphatic carbocycles. The van der Waals surface area contributed by atoms with Crippen molar-refractivity contribution in [3.05, 3.63) is 94.0 Å². The van der Waals surface area contributed by atoms with Gasteiger partial charge in [0.15, 0.2) is 5.66 Å². The second-order valence-corrected chi connectivity index (χ2v) is 9.81. The lowest BCUT2D eigenvalue weighted by Crippen LogP contribution is -2.52. The van der Waals surface area contributed by atoms with Gasteiger partial charge in [-0.15, -0.1) is 0 Å². The van der Waals surface area contributed by atoms with Crippen molar-refractivity contribution in [2.75, 3.05) is 10.6 Å². The number of amides is 1. The third-order valence-corrected chi connectivity index (χ3v) is 7.24. The molecule has 3 aromatic rings. The quantitative estimate of drug-likeness (QED) is 0.372. The molecule has 1 fully saturated rings. The standard InChI is InChI=1S/C27H27Cl2N3O/c28-20-14-10-18(11-15-20)25(26(33)30-22-6-2-1-3-7-22)27(19-12-16-21(29)17-13-19)31-23-8-4-5-9-24(23)32-27/h4-5,8-17,22,25,31-32H,1-3,6-7H2,(H,30,33). The molecule has 0 radical (unpaired) electrons. The summed E-state index contributed by atoms with van der Waals surface area (Å²) < 4.78 is 0. The molecule has 3 N–H and O–H groups in total. The lowest BCUT2D eigenvalue weighted by atomic mass is 9.80. The Kier molecular flexibility index (Phi) is 6.22. The summed E-state index contributed by atoms with van der Waals surface area (Å²) in [4.78, 5) is 14.0. The number of hydrogen-bond donors (Lipinski definition) is 3. The highest BCUT2D eigenvalue weighted by Crippen LogP contribution is 2.48. The topological polar surface area (TPSA) is 53.2 Å². The van der Waals surface area contributed by atoms with Crippen LogP contribution in [-0.2, 0) is 10.5 Å². The molecule has 0 aromatic heterocycles. The normalized spacial score (nSPS) is 18.0. The van der Waals surface area contributed by atoms with Gasteiger partial charge in [0.2, 0.25) is 5.91 Å². The van der Waals surface area contributed by atoms with Crippen molar-refractivity contribution < 1.29 is 4.79 Å². The van der Waals surface area contributed by atoms with Crippen LogP contribution in [0.5, 0.6) is 0 Å². The highest BCUT2D eigenvalue weighted by atomic mass is 35.5. The molecule has 0 spiro atoms. The van der Waals surface area contributed by atoms with Gasteiger partial charge in [0.25, 0.3) is 0 Å². The number of fused-ring (bicyclic) bond motifs is 1. The molecule has 4 nitrogen and oxygen atoms in total. The fourth-order valence-corrected chi connectivity index (χ4v) is 5.36. The molecule has 0 bridgehead atoms. The molecule has 1 unspecified atom stereocenters. The Labute approximate surface area is 204 Å². The average molecular weight is 480 g/mol. The molecule has 1 heterocycles. The number of benzene rings is 3. The van der Waals surface area contributed by atoms with Crippen molar-refractivity contribution in [2.45, 2.75) is 49.7 Å². The number of carbonyl (C=O) groups excluding carboxylic acids is 1. The number of carbonyl (C=O) groups is 1. The predicted molar refractivity (Wildman–Crippen MR) is 136 cm³/mol. The maximum Gasteiger partial charge on any atom is 0.232 e. The molecule has 6 heteroatoms. The zero-order chi connectivity index (χ0) is 22.8. The SMILES string of the molecule is O=C(NC1CCCCC1)C(c1ccc(Cl)cc1)C1(c2ccc(Cl)cc2)Nc2ccccc2N1. The Morgan fingerprint density at radius 1 is 0.818 bits per heavy atom. The summed E-state index contributed by atoms with van der Waals surface area (Å²) in [6.07, 6.45) is 5.59. The van der Waals surface area contributed by atoms with E-state index in [9.17, 15) is 4.79 Å². The number of anilines is 2. The van der Waals surface area contributed by atoms with E-state index in [4.69, 9.17) is 23.2 Å². The minimum Gasteiger partial charge on any atom is -0.356 e. The molecule has 1 aliphatic heterocycles. The Morgan fingerprint density at radius 2 is 1.36 bits per heavy atom. The highest BCUT2D eigenvalue weighted by molar-refractivity contribution is 6.30. The van der Waals surface area contributed by atoms with Gasteiger partial charge in [0, 0.05) is 16.1 Å². The van der Waals surface area contributed by atoms with Crippen LogP contribution in [0.15, 0.2) is 72.8 Å². The Morgan fingerprint density at radius 3 is 1.94 bits per heavy atom. The van der Waals surface area contributed by atoms with E-state index < -0.39 is 11.6 Å². The second kappa shape index (κ2) is 9.28. The summed E-state index contributed by atoms with van der Waals surface area (Å²) in [6, 6.07) is 23.5. The van der Waals surface area contributed by atoms with Crippen LogP contribution < -0.4 is 16.0 Å². The van der Waals surface area contributed by atoms with Crippen molar-refractivity contribution >= 4 is 40.5 Å². The number of halogens is 2. The summed E-state index contributed by atoms with van der Waals surface area (Å²) >= 11 is 12.4. The van der Waals surface area contributed by atoms with E-state index in [1.165, 1.54) is 6.42 Å². The third kappa shape index (κ3) is 4.42. The summed E-state index contributed by atoms with van der Waals surface area (Å²) in [7, 11) is 0. The summed E-state index contributed by atoms with van der Waals surface area (Å²) in [6.45, 7) is 0. The Hall–Kier alpha value is -2.69. The number of para-hydroxylation sites is 2. The van der Waals surface area contributed by atoms with Crippen molar-refractivity contribution in [3.63, 3.8) is 0 Å². The van der Waals surface area contributed by atoms with Crippen molar-refractivity contribution in [3.8, 4) is 0 Å². The van der Waals surface area contributed by atoms with Crippen molar-refractivity contribution in [1.29, 1.82) is 0 Å². The molecule has 33 heavy (non-hydrogen) atoms. The van der Waals surface area contributed by atoms with Crippen LogP contribution in [-0.4, -0.2) is 11.9 Å². The number of hydrogen-bond acceptors (Lipinski definition) is 3. The van der Waals surface area contributed by atoms with Crippen molar-refractivity contribution in [2.24, 2.45) is 0 Å². The van der Waals surface area contributed by atoms with Gasteiger partial charge in [-0.05, 0) is 60.4 Å². The minimum atomic E-state index is -0.888. The lowest BCUT2D eigenvalue weighted by Gasteiger charge is -2.39. The summed E-state index contributed by atoms with van der Waals surface area (Å²) in [5.74, 6) is -0.558. The van der Waals surface area contributed by atoms with E-state index >= 15 is 0 Å². The van der Waals surface area contributed by atoms with Gasteiger partial charge in [-0.25, -0.2) is 0 Å². The smallest absolute Gasteiger partial charge is 0.232 e. The molecule has 0 saturated heterocycles. The van der Waals surface area contributed by atoms with Gasteiger partial charge < -0.3 is 16.0 Å². The van der Waals surface area contributed by atoms with Crippen LogP contribution in [0.4, 0.5) is 11.4 Å². The first-order valence-corrected chi connectivity index (χ1v) is 12.3. The molecular weight excluding hydrogens is 453 g/mol. The summed E-state index contributed by atoms with van der Waals surface area (Å²) in [5, 5.41) is 12.0. The maximum atomic E-state index is 14.0. The van der Waals surface area contributed by atoms with Gasteiger partial charge >= 0.3 is 0 Å². The van der Waals surface area contributed by atoms with Gasteiger partial charge in [-0.3, -0.25) is 4.79 Å². The highest BCUT2D eigenvalue weighted by Gasteiger charge is 2.49. The van der Waals surface area contributed by atoms with E-state index in [-0.39, 0.29) is 11.9 Å². The van der Waals surface area contributed by atoms with Crippen LogP contribution in [0.3, 0.4) is 0 Å². The van der Waals surface area contributed by atoms with E-state index in [2.05, 4.69) is 16.0 Å². The van der Waals surface area contributed by atoms with Gasteiger partial charge in [0.05, 0.1) is 11.4 Å². The molecule has 2 aliphatic rings. The fourth-order valence-electron chi connectivity index (χ4n) is 5.11. The molecule has 5 rings (SSSR count). The number of nitrogens with one attached hydrogen (secondary N) is 3. The van der Waals surface area contributed by atoms with Gasteiger partial charge in [-0.1, -0.05) is 78.9 Å². The van der Waals surface area contributed by atoms with Gasteiger partial charge in [-0.2, -0.15) is 0 Å².